The van der Waals surface area contributed by atoms with E-state index in [2.05, 4.69) is 79.2 Å². The van der Waals surface area contributed by atoms with E-state index in [9.17, 15) is 0 Å². The Bertz CT molecular complexity index is 1780. The van der Waals surface area contributed by atoms with Gasteiger partial charge in [-0.15, -0.1) is 53.2 Å². The van der Waals surface area contributed by atoms with Crippen LogP contribution in [0.5, 0.6) is 0 Å². The molecule has 0 amide bonds. The van der Waals surface area contributed by atoms with Gasteiger partial charge < -0.3 is 14.4 Å². The summed E-state index contributed by atoms with van der Waals surface area (Å²) >= 11 is 0. The zero-order valence-corrected chi connectivity index (χ0v) is 28.1. The molecule has 1 radical (unpaired) electrons. The van der Waals surface area contributed by atoms with Crippen LogP contribution >= 0.6 is 0 Å². The van der Waals surface area contributed by atoms with Gasteiger partial charge in [-0.3, -0.25) is 0 Å². The summed E-state index contributed by atoms with van der Waals surface area (Å²) in [6.45, 7) is 9.19. The first-order chi connectivity index (χ1) is 19.9. The second-order valence-electron chi connectivity index (χ2n) is 12.1. The third-order valence-electron chi connectivity index (χ3n) is 8.02. The zero-order valence-electron chi connectivity index (χ0n) is 24.7. The fourth-order valence-electron chi connectivity index (χ4n) is 5.83. The van der Waals surface area contributed by atoms with Crippen LogP contribution in [0.25, 0.3) is 44.5 Å². The number of para-hydroxylation sites is 1. The topological polar surface area (TPSA) is 38.9 Å². The molecule has 3 aromatic heterocycles. The van der Waals surface area contributed by atoms with E-state index >= 15 is 0 Å². The molecular weight excluding hydrogens is 709 g/mol. The van der Waals surface area contributed by atoms with Crippen LogP contribution in [0.2, 0.25) is 19.6 Å². The average Bonchev–Trinajstić information content (AvgIpc) is 3.67. The number of hydrogen-bond acceptors (Lipinski definition) is 3. The SMILES string of the molecule is C[Si](C)(C)c1c[c-]c(-c2cc(C3CCCC3)ccn2)c2oc3ccccc3c12.Cc1ccc(-c2[c-]cccc2)nc1.[Ir]. The Balaban J connectivity index is 0.000000212. The first kappa shape index (κ1) is 30.1. The van der Waals surface area contributed by atoms with E-state index in [0.29, 0.717) is 5.92 Å². The van der Waals surface area contributed by atoms with Gasteiger partial charge in [0.25, 0.3) is 0 Å². The Morgan fingerprint density at radius 1 is 0.857 bits per heavy atom. The van der Waals surface area contributed by atoms with Gasteiger partial charge in [0.2, 0.25) is 0 Å². The van der Waals surface area contributed by atoms with Crippen molar-refractivity contribution in [2.75, 3.05) is 0 Å². The van der Waals surface area contributed by atoms with E-state index in [1.807, 2.05) is 55.7 Å². The summed E-state index contributed by atoms with van der Waals surface area (Å²) in [5.41, 5.74) is 8.48. The quantitative estimate of drug-likeness (QED) is 0.133. The van der Waals surface area contributed by atoms with Gasteiger partial charge in [-0.1, -0.05) is 85.4 Å². The van der Waals surface area contributed by atoms with Crippen molar-refractivity contribution in [2.45, 2.75) is 58.2 Å². The molecule has 0 spiro atoms. The van der Waals surface area contributed by atoms with Crippen LogP contribution in [0.1, 0.15) is 42.7 Å². The maximum absolute atomic E-state index is 6.39. The molecule has 0 aliphatic heterocycles. The molecule has 1 fully saturated rings. The summed E-state index contributed by atoms with van der Waals surface area (Å²) < 4.78 is 6.39. The molecule has 3 nitrogen and oxygen atoms in total. The summed E-state index contributed by atoms with van der Waals surface area (Å²) in [7, 11) is -1.55. The summed E-state index contributed by atoms with van der Waals surface area (Å²) in [5.74, 6) is 0.675. The predicted octanol–water partition coefficient (Wildman–Crippen LogP) is 9.51. The minimum absolute atomic E-state index is 0. The van der Waals surface area contributed by atoms with Crippen molar-refractivity contribution < 1.29 is 24.5 Å². The van der Waals surface area contributed by atoms with Gasteiger partial charge in [0.15, 0.2) is 0 Å². The molecule has 3 aromatic carbocycles. The van der Waals surface area contributed by atoms with Crippen molar-refractivity contribution in [2.24, 2.45) is 0 Å². The van der Waals surface area contributed by atoms with Crippen molar-refractivity contribution in [3.63, 3.8) is 0 Å². The molecule has 0 saturated heterocycles. The largest absolute Gasteiger partial charge is 0.501 e. The monoisotopic (exact) mass is 745 g/mol. The molecule has 0 unspecified atom stereocenters. The smallest absolute Gasteiger partial charge is 0.120 e. The third-order valence-corrected chi connectivity index (χ3v) is 10.0. The van der Waals surface area contributed by atoms with Crippen LogP contribution < -0.4 is 5.19 Å². The number of nitrogens with zero attached hydrogens (tertiary/aromatic N) is 2. The van der Waals surface area contributed by atoms with Crippen LogP contribution in [-0.4, -0.2) is 18.0 Å². The number of aromatic nitrogens is 2. The maximum atomic E-state index is 6.39. The van der Waals surface area contributed by atoms with E-state index in [4.69, 9.17) is 9.40 Å². The first-order valence-corrected chi connectivity index (χ1v) is 18.1. The fourth-order valence-corrected chi connectivity index (χ4v) is 7.33. The van der Waals surface area contributed by atoms with Gasteiger partial charge in [-0.25, -0.2) is 0 Å². The van der Waals surface area contributed by atoms with Crippen molar-refractivity contribution >= 4 is 35.2 Å². The van der Waals surface area contributed by atoms with Crippen LogP contribution in [0.3, 0.4) is 0 Å². The molecule has 1 aliphatic carbocycles. The number of hydrogen-bond donors (Lipinski definition) is 0. The van der Waals surface area contributed by atoms with Gasteiger partial charge in [-0.05, 0) is 54.8 Å². The Morgan fingerprint density at radius 3 is 2.36 bits per heavy atom. The Labute approximate surface area is 263 Å². The van der Waals surface area contributed by atoms with Crippen LogP contribution in [0.15, 0.2) is 95.7 Å². The van der Waals surface area contributed by atoms with E-state index in [-0.39, 0.29) is 20.1 Å². The Kier molecular flexibility index (Phi) is 9.22. The molecule has 42 heavy (non-hydrogen) atoms. The Hall–Kier alpha value is -3.37. The first-order valence-electron chi connectivity index (χ1n) is 14.6. The zero-order chi connectivity index (χ0) is 28.4. The number of furan rings is 1. The van der Waals surface area contributed by atoms with E-state index in [1.165, 1.54) is 52.8 Å². The Morgan fingerprint density at radius 2 is 1.64 bits per heavy atom. The molecule has 1 saturated carbocycles. The number of benzene rings is 3. The molecular formula is C37H36IrN2OSi-2. The average molecular weight is 745 g/mol. The standard InChI is InChI=1S/C25H26NOSi.C12H10N.Ir/c1-28(2,3)23-13-12-19(25-24(23)20-10-6-7-11-22(20)27-25)21-16-18(14-15-26-21)17-8-4-5-9-17;1-10-7-8-12(13-9-10)11-5-3-2-4-6-11;/h6-7,10-11,13-17H,4-5,8-9H2,1-3H3;2-5,7-9H,1H3;/q2*-1;. The summed E-state index contributed by atoms with van der Waals surface area (Å²) in [6, 6.07) is 33.7. The molecule has 0 bridgehead atoms. The molecule has 0 atom stereocenters. The third kappa shape index (κ3) is 6.34. The van der Waals surface area contributed by atoms with Gasteiger partial charge in [0, 0.05) is 46.0 Å². The summed E-state index contributed by atoms with van der Waals surface area (Å²) in [5, 5.41) is 3.87. The van der Waals surface area contributed by atoms with Crippen LogP contribution in [-0.2, 0) is 20.1 Å². The number of pyridine rings is 2. The molecule has 1 aliphatic rings. The van der Waals surface area contributed by atoms with Crippen LogP contribution in [0.4, 0.5) is 0 Å². The molecule has 0 N–H and O–H groups in total. The summed E-state index contributed by atoms with van der Waals surface area (Å²) in [4.78, 5) is 9.03. The second-order valence-corrected chi connectivity index (χ2v) is 17.1. The molecule has 3 heterocycles. The molecule has 5 heteroatoms. The fraction of sp³-hybridized carbons (Fsp3) is 0.243. The minimum atomic E-state index is -1.55. The molecule has 7 rings (SSSR count). The van der Waals surface area contributed by atoms with Crippen molar-refractivity contribution in [3.05, 3.63) is 115 Å². The van der Waals surface area contributed by atoms with Crippen molar-refractivity contribution in [1.29, 1.82) is 0 Å². The maximum Gasteiger partial charge on any atom is 0.120 e. The molecule has 6 aromatic rings. The van der Waals surface area contributed by atoms with E-state index in [1.54, 1.807) is 0 Å². The van der Waals surface area contributed by atoms with E-state index < -0.39 is 8.07 Å². The minimum Gasteiger partial charge on any atom is -0.501 e. The van der Waals surface area contributed by atoms with Crippen molar-refractivity contribution in [3.8, 4) is 22.5 Å². The number of aryl methyl sites for hydroxylation is 1. The van der Waals surface area contributed by atoms with Crippen molar-refractivity contribution in [1.82, 2.24) is 9.97 Å². The second kappa shape index (κ2) is 12.9. The van der Waals surface area contributed by atoms with Gasteiger partial charge in [0.1, 0.15) is 5.58 Å². The van der Waals surface area contributed by atoms with Gasteiger partial charge >= 0.3 is 0 Å². The van der Waals surface area contributed by atoms with Gasteiger partial charge in [-0.2, -0.15) is 0 Å². The molecule has 215 valence electrons. The number of fused-ring (bicyclic) bond motifs is 3. The number of rotatable bonds is 4. The summed E-state index contributed by atoms with van der Waals surface area (Å²) in [6.07, 6.45) is 9.10. The predicted molar refractivity (Wildman–Crippen MR) is 173 cm³/mol. The van der Waals surface area contributed by atoms with E-state index in [0.717, 1.165) is 33.7 Å². The normalized spacial score (nSPS) is 13.5. The van der Waals surface area contributed by atoms with Gasteiger partial charge in [0.05, 0.1) is 5.58 Å². The van der Waals surface area contributed by atoms with Crippen LogP contribution in [0, 0.1) is 19.1 Å².